The van der Waals surface area contributed by atoms with Crippen LogP contribution in [-0.2, 0) is 0 Å². The highest BCUT2D eigenvalue weighted by atomic mass is 79.9. The van der Waals surface area contributed by atoms with Crippen LogP contribution in [0.25, 0.3) is 0 Å². The Morgan fingerprint density at radius 3 is 2.56 bits per heavy atom. The summed E-state index contributed by atoms with van der Waals surface area (Å²) in [7, 11) is 0. The molecule has 0 saturated carbocycles. The Morgan fingerprint density at radius 2 is 1.89 bits per heavy atom. The average Bonchev–Trinajstić information content (AvgIpc) is 2.35. The zero-order valence-electron chi connectivity index (χ0n) is 10.2. The molecule has 2 aromatic rings. The predicted molar refractivity (Wildman–Crippen MR) is 79.1 cm³/mol. The quantitative estimate of drug-likeness (QED) is 0.841. The van der Waals surface area contributed by atoms with Crippen LogP contribution < -0.4 is 0 Å². The molecule has 1 N–H and O–H groups in total. The Labute approximate surface area is 121 Å². The molecule has 0 aliphatic heterocycles. The number of benzene rings is 2. The van der Waals surface area contributed by atoms with Gasteiger partial charge in [-0.1, -0.05) is 51.8 Å². The van der Waals surface area contributed by atoms with Gasteiger partial charge < -0.3 is 5.11 Å². The normalized spacial score (nSPS) is 12.5. The third kappa shape index (κ3) is 2.61. The highest BCUT2D eigenvalue weighted by molar-refractivity contribution is 9.10. The summed E-state index contributed by atoms with van der Waals surface area (Å²) in [5.41, 5.74) is 3.76. The highest BCUT2D eigenvalue weighted by Gasteiger charge is 2.14. The van der Waals surface area contributed by atoms with E-state index in [9.17, 15) is 5.11 Å². The molecule has 0 fully saturated rings. The van der Waals surface area contributed by atoms with E-state index in [2.05, 4.69) is 15.9 Å². The maximum absolute atomic E-state index is 10.4. The molecule has 1 unspecified atom stereocenters. The Kier molecular flexibility index (Phi) is 4.10. The second kappa shape index (κ2) is 5.43. The second-order valence-electron chi connectivity index (χ2n) is 4.37. The van der Waals surface area contributed by atoms with Crippen molar-refractivity contribution >= 4 is 27.5 Å². The molecule has 1 nitrogen and oxygen atoms in total. The van der Waals surface area contributed by atoms with Gasteiger partial charge in [0.2, 0.25) is 0 Å². The first-order valence-corrected chi connectivity index (χ1v) is 6.87. The Hall–Kier alpha value is -0.830. The van der Waals surface area contributed by atoms with Crippen LogP contribution in [0, 0.1) is 13.8 Å². The van der Waals surface area contributed by atoms with Crippen LogP contribution in [0.1, 0.15) is 28.4 Å². The van der Waals surface area contributed by atoms with Crippen molar-refractivity contribution in [3.63, 3.8) is 0 Å². The molecule has 1 atom stereocenters. The maximum atomic E-state index is 10.4. The number of hydrogen-bond acceptors (Lipinski definition) is 1. The SMILES string of the molecule is Cc1ccc(C(O)c2cccc(Br)c2C)cc1Cl. The molecular weight excluding hydrogens is 312 g/mol. The molecule has 2 rings (SSSR count). The standard InChI is InChI=1S/C15H14BrClO/c1-9-6-7-11(8-14(9)17)15(18)12-4-3-5-13(16)10(12)2/h3-8,15,18H,1-2H3. The monoisotopic (exact) mass is 324 g/mol. The molecule has 0 radical (unpaired) electrons. The van der Waals surface area contributed by atoms with Crippen molar-refractivity contribution in [2.24, 2.45) is 0 Å². The van der Waals surface area contributed by atoms with Crippen molar-refractivity contribution in [1.29, 1.82) is 0 Å². The summed E-state index contributed by atoms with van der Waals surface area (Å²) in [5, 5.41) is 11.1. The summed E-state index contributed by atoms with van der Waals surface area (Å²) in [6.45, 7) is 3.93. The molecule has 0 aromatic heterocycles. The topological polar surface area (TPSA) is 20.2 Å². The number of hydrogen-bond donors (Lipinski definition) is 1. The maximum Gasteiger partial charge on any atom is 0.104 e. The van der Waals surface area contributed by atoms with Crippen LogP contribution in [0.4, 0.5) is 0 Å². The van der Waals surface area contributed by atoms with E-state index in [0.717, 1.165) is 26.7 Å². The second-order valence-corrected chi connectivity index (χ2v) is 5.63. The molecule has 0 spiro atoms. The smallest absolute Gasteiger partial charge is 0.104 e. The van der Waals surface area contributed by atoms with Crippen LogP contribution in [-0.4, -0.2) is 5.11 Å². The highest BCUT2D eigenvalue weighted by Crippen LogP contribution is 2.30. The van der Waals surface area contributed by atoms with Gasteiger partial charge in [-0.05, 0) is 48.2 Å². The Bertz CT molecular complexity index is 581. The third-order valence-electron chi connectivity index (χ3n) is 3.12. The molecule has 0 amide bonds. The van der Waals surface area contributed by atoms with Crippen LogP contribution in [0.15, 0.2) is 40.9 Å². The zero-order valence-corrected chi connectivity index (χ0v) is 12.6. The van der Waals surface area contributed by atoms with E-state index >= 15 is 0 Å². The minimum absolute atomic E-state index is 0.652. The zero-order chi connectivity index (χ0) is 13.3. The molecule has 0 bridgehead atoms. The number of aryl methyl sites for hydroxylation is 1. The van der Waals surface area contributed by atoms with E-state index in [0.29, 0.717) is 5.02 Å². The third-order valence-corrected chi connectivity index (χ3v) is 4.38. The number of aliphatic hydroxyl groups is 1. The summed E-state index contributed by atoms with van der Waals surface area (Å²) >= 11 is 9.57. The molecule has 0 saturated heterocycles. The number of aliphatic hydroxyl groups excluding tert-OH is 1. The summed E-state index contributed by atoms with van der Waals surface area (Å²) < 4.78 is 0.997. The predicted octanol–water partition coefficient (Wildman–Crippen LogP) is 4.80. The van der Waals surface area contributed by atoms with Gasteiger partial charge >= 0.3 is 0 Å². The van der Waals surface area contributed by atoms with Crippen molar-refractivity contribution < 1.29 is 5.11 Å². The van der Waals surface area contributed by atoms with Crippen LogP contribution >= 0.6 is 27.5 Å². The molecule has 0 aliphatic rings. The van der Waals surface area contributed by atoms with Crippen molar-refractivity contribution in [2.45, 2.75) is 20.0 Å². The Balaban J connectivity index is 2.44. The van der Waals surface area contributed by atoms with E-state index in [1.54, 1.807) is 0 Å². The lowest BCUT2D eigenvalue weighted by Gasteiger charge is -2.16. The van der Waals surface area contributed by atoms with E-state index < -0.39 is 6.10 Å². The van der Waals surface area contributed by atoms with Crippen molar-refractivity contribution in [3.05, 3.63) is 68.1 Å². The van der Waals surface area contributed by atoms with E-state index in [-0.39, 0.29) is 0 Å². The van der Waals surface area contributed by atoms with E-state index in [1.807, 2.05) is 50.2 Å². The van der Waals surface area contributed by atoms with Gasteiger partial charge in [0.05, 0.1) is 0 Å². The fraction of sp³-hybridized carbons (Fsp3) is 0.200. The van der Waals surface area contributed by atoms with E-state index in [4.69, 9.17) is 11.6 Å². The van der Waals surface area contributed by atoms with Crippen LogP contribution in [0.3, 0.4) is 0 Å². The molecular formula is C15H14BrClO. The van der Waals surface area contributed by atoms with Crippen LogP contribution in [0.2, 0.25) is 5.02 Å². The van der Waals surface area contributed by atoms with Gasteiger partial charge in [-0.15, -0.1) is 0 Å². The number of halogens is 2. The average molecular weight is 326 g/mol. The lowest BCUT2D eigenvalue weighted by atomic mass is 9.97. The van der Waals surface area contributed by atoms with Gasteiger partial charge in [-0.2, -0.15) is 0 Å². The fourth-order valence-electron chi connectivity index (χ4n) is 1.88. The van der Waals surface area contributed by atoms with Gasteiger partial charge in [0.1, 0.15) is 6.10 Å². The molecule has 94 valence electrons. The van der Waals surface area contributed by atoms with Gasteiger partial charge in [0.15, 0.2) is 0 Å². The summed E-state index contributed by atoms with van der Waals surface area (Å²) in [6.07, 6.45) is -0.652. The van der Waals surface area contributed by atoms with Gasteiger partial charge in [-0.25, -0.2) is 0 Å². The number of rotatable bonds is 2. The first-order chi connectivity index (χ1) is 8.50. The summed E-state index contributed by atoms with van der Waals surface area (Å²) in [5.74, 6) is 0. The lowest BCUT2D eigenvalue weighted by Crippen LogP contribution is -2.02. The Morgan fingerprint density at radius 1 is 1.17 bits per heavy atom. The first kappa shape index (κ1) is 13.6. The van der Waals surface area contributed by atoms with Crippen molar-refractivity contribution in [3.8, 4) is 0 Å². The minimum Gasteiger partial charge on any atom is -0.384 e. The van der Waals surface area contributed by atoms with E-state index in [1.165, 1.54) is 0 Å². The van der Waals surface area contributed by atoms with Crippen molar-refractivity contribution in [1.82, 2.24) is 0 Å². The summed E-state index contributed by atoms with van der Waals surface area (Å²) in [6, 6.07) is 11.5. The molecule has 2 aromatic carbocycles. The molecule has 0 aliphatic carbocycles. The molecule has 18 heavy (non-hydrogen) atoms. The largest absolute Gasteiger partial charge is 0.384 e. The lowest BCUT2D eigenvalue weighted by molar-refractivity contribution is 0.219. The fourth-order valence-corrected chi connectivity index (χ4v) is 2.45. The summed E-state index contributed by atoms with van der Waals surface area (Å²) in [4.78, 5) is 0. The van der Waals surface area contributed by atoms with Crippen LogP contribution in [0.5, 0.6) is 0 Å². The van der Waals surface area contributed by atoms with Gasteiger partial charge in [0.25, 0.3) is 0 Å². The first-order valence-electron chi connectivity index (χ1n) is 5.70. The van der Waals surface area contributed by atoms with Gasteiger partial charge in [0, 0.05) is 9.50 Å². The molecule has 3 heteroatoms. The minimum atomic E-state index is -0.652. The molecule has 0 heterocycles. The van der Waals surface area contributed by atoms with Gasteiger partial charge in [-0.3, -0.25) is 0 Å². The van der Waals surface area contributed by atoms with Crippen molar-refractivity contribution in [2.75, 3.05) is 0 Å².